The van der Waals surface area contributed by atoms with Gasteiger partial charge in [0.05, 0.1) is 0 Å². The van der Waals surface area contributed by atoms with E-state index in [2.05, 4.69) is 0 Å². The van der Waals surface area contributed by atoms with Crippen LogP contribution >= 0.6 is 11.6 Å². The number of halogens is 4. The zero-order valence-electron chi connectivity index (χ0n) is 13.8. The average Bonchev–Trinajstić information content (AvgIpc) is 2.61. The minimum Gasteiger partial charge on any atom is -0.480 e. The van der Waals surface area contributed by atoms with Crippen LogP contribution in [0.5, 0.6) is 0 Å². The molecule has 1 unspecified atom stereocenters. The summed E-state index contributed by atoms with van der Waals surface area (Å²) in [6, 6.07) is 6.88. The zero-order valence-corrected chi connectivity index (χ0v) is 14.5. The monoisotopic (exact) mass is 383 g/mol. The first-order valence-corrected chi connectivity index (χ1v) is 8.62. The number of aliphatic carboxylic acids is 1. The number of rotatable bonds is 4. The van der Waals surface area contributed by atoms with E-state index in [4.69, 9.17) is 11.6 Å². The van der Waals surface area contributed by atoms with Gasteiger partial charge in [0.25, 0.3) is 0 Å². The minimum atomic E-state index is -1.22. The third-order valence-corrected chi connectivity index (χ3v) is 5.15. The van der Waals surface area contributed by atoms with Gasteiger partial charge in [-0.25, -0.2) is 13.2 Å². The standard InChI is InChI=1S/C19H17ClF3NO2/c20-13-4-2-5-14(21)16(13)18(19(25)26)24-9-7-11(8-10-24)12-3-1-6-15(22)17(12)23/h1-6,11,18H,7-10H2,(H,25,26). The van der Waals surface area contributed by atoms with Gasteiger partial charge in [-0.3, -0.25) is 9.69 Å². The summed E-state index contributed by atoms with van der Waals surface area (Å²) in [7, 11) is 0. The van der Waals surface area contributed by atoms with Gasteiger partial charge >= 0.3 is 5.97 Å². The first kappa shape index (κ1) is 18.7. The Kier molecular flexibility index (Phi) is 5.53. The van der Waals surface area contributed by atoms with Crippen molar-refractivity contribution in [3.8, 4) is 0 Å². The highest BCUT2D eigenvalue weighted by atomic mass is 35.5. The molecule has 1 aliphatic heterocycles. The van der Waals surface area contributed by atoms with Crippen LogP contribution in [-0.4, -0.2) is 29.1 Å². The number of carboxylic acids is 1. The highest BCUT2D eigenvalue weighted by molar-refractivity contribution is 6.31. The summed E-state index contributed by atoms with van der Waals surface area (Å²) >= 11 is 6.03. The average molecular weight is 384 g/mol. The minimum absolute atomic E-state index is 0.0516. The van der Waals surface area contributed by atoms with E-state index in [0.717, 1.165) is 6.07 Å². The van der Waals surface area contributed by atoms with Crippen molar-refractivity contribution in [2.75, 3.05) is 13.1 Å². The second-order valence-electron chi connectivity index (χ2n) is 6.33. The maximum Gasteiger partial charge on any atom is 0.325 e. The SMILES string of the molecule is O=C(O)C(c1c(F)cccc1Cl)N1CCC(c2cccc(F)c2F)CC1. The Morgan fingerprint density at radius 3 is 2.31 bits per heavy atom. The van der Waals surface area contributed by atoms with Crippen LogP contribution in [-0.2, 0) is 4.79 Å². The van der Waals surface area contributed by atoms with Gasteiger partial charge in [-0.2, -0.15) is 0 Å². The summed E-state index contributed by atoms with van der Waals surface area (Å²) < 4.78 is 41.6. The molecule has 2 aromatic rings. The maximum atomic E-state index is 14.2. The topological polar surface area (TPSA) is 40.5 Å². The Morgan fingerprint density at radius 1 is 1.08 bits per heavy atom. The summed E-state index contributed by atoms with van der Waals surface area (Å²) in [5.74, 6) is -3.85. The number of hydrogen-bond acceptors (Lipinski definition) is 2. The molecule has 0 bridgehead atoms. The molecular formula is C19H17ClF3NO2. The second-order valence-corrected chi connectivity index (χ2v) is 6.74. The summed E-state index contributed by atoms with van der Waals surface area (Å²) in [4.78, 5) is 13.4. The summed E-state index contributed by atoms with van der Waals surface area (Å²) in [6.45, 7) is 0.616. The van der Waals surface area contributed by atoms with Gasteiger partial charge in [0.1, 0.15) is 11.9 Å². The van der Waals surface area contributed by atoms with E-state index in [-0.39, 0.29) is 16.5 Å². The number of nitrogens with zero attached hydrogens (tertiary/aromatic N) is 1. The maximum absolute atomic E-state index is 14.2. The number of hydrogen-bond donors (Lipinski definition) is 1. The molecule has 1 N–H and O–H groups in total. The molecule has 7 heteroatoms. The molecule has 0 radical (unpaired) electrons. The fraction of sp³-hybridized carbons (Fsp3) is 0.316. The van der Waals surface area contributed by atoms with E-state index in [9.17, 15) is 23.1 Å². The van der Waals surface area contributed by atoms with Gasteiger partial charge in [0.15, 0.2) is 11.6 Å². The molecular weight excluding hydrogens is 367 g/mol. The summed E-state index contributed by atoms with van der Waals surface area (Å²) in [5, 5.41) is 9.67. The van der Waals surface area contributed by atoms with Crippen molar-refractivity contribution in [1.82, 2.24) is 4.90 Å². The molecule has 26 heavy (non-hydrogen) atoms. The molecule has 0 spiro atoms. The quantitative estimate of drug-likeness (QED) is 0.827. The van der Waals surface area contributed by atoms with Gasteiger partial charge in [-0.1, -0.05) is 29.8 Å². The van der Waals surface area contributed by atoms with Crippen LogP contribution in [0, 0.1) is 17.5 Å². The van der Waals surface area contributed by atoms with Crippen molar-refractivity contribution >= 4 is 17.6 Å². The number of benzene rings is 2. The molecule has 138 valence electrons. The molecule has 0 saturated carbocycles. The van der Waals surface area contributed by atoms with Crippen molar-refractivity contribution in [3.63, 3.8) is 0 Å². The molecule has 1 heterocycles. The number of carboxylic acid groups (broad SMARTS) is 1. The van der Waals surface area contributed by atoms with Crippen LogP contribution in [0.2, 0.25) is 5.02 Å². The van der Waals surface area contributed by atoms with Crippen LogP contribution < -0.4 is 0 Å². The molecule has 3 nitrogen and oxygen atoms in total. The Balaban J connectivity index is 1.81. The normalized spacial score (nSPS) is 17.2. The van der Waals surface area contributed by atoms with Crippen LogP contribution in [0.3, 0.4) is 0 Å². The molecule has 0 amide bonds. The van der Waals surface area contributed by atoms with E-state index in [1.165, 1.54) is 24.3 Å². The van der Waals surface area contributed by atoms with Crippen molar-refractivity contribution in [2.45, 2.75) is 24.8 Å². The first-order valence-electron chi connectivity index (χ1n) is 8.24. The van der Waals surface area contributed by atoms with E-state index < -0.39 is 29.5 Å². The highest BCUT2D eigenvalue weighted by Crippen LogP contribution is 2.36. The third-order valence-electron chi connectivity index (χ3n) is 4.82. The van der Waals surface area contributed by atoms with Gasteiger partial charge in [-0.05, 0) is 55.6 Å². The van der Waals surface area contributed by atoms with E-state index >= 15 is 0 Å². The predicted molar refractivity (Wildman–Crippen MR) is 91.7 cm³/mol. The molecule has 0 aliphatic carbocycles. The van der Waals surface area contributed by atoms with Crippen LogP contribution in [0.1, 0.15) is 35.9 Å². The fourth-order valence-electron chi connectivity index (χ4n) is 3.54. The van der Waals surface area contributed by atoms with Crippen LogP contribution in [0.4, 0.5) is 13.2 Å². The van der Waals surface area contributed by atoms with Crippen molar-refractivity contribution in [1.29, 1.82) is 0 Å². The predicted octanol–water partition coefficient (Wildman–Crippen LogP) is 4.76. The van der Waals surface area contributed by atoms with Crippen molar-refractivity contribution in [2.24, 2.45) is 0 Å². The largest absolute Gasteiger partial charge is 0.480 e. The number of piperidine rings is 1. The molecule has 1 aliphatic rings. The lowest BCUT2D eigenvalue weighted by atomic mass is 9.88. The number of carbonyl (C=O) groups is 1. The van der Waals surface area contributed by atoms with E-state index in [1.54, 1.807) is 11.0 Å². The molecule has 0 aromatic heterocycles. The molecule has 1 saturated heterocycles. The van der Waals surface area contributed by atoms with Gasteiger partial charge in [0, 0.05) is 10.6 Å². The summed E-state index contributed by atoms with van der Waals surface area (Å²) in [6.07, 6.45) is 0.881. The molecule has 3 rings (SSSR count). The van der Waals surface area contributed by atoms with Crippen LogP contribution in [0.15, 0.2) is 36.4 Å². The Labute approximate surface area is 154 Å². The second kappa shape index (κ2) is 7.68. The lowest BCUT2D eigenvalue weighted by Gasteiger charge is -2.36. The molecule has 2 aromatic carbocycles. The highest BCUT2D eigenvalue weighted by Gasteiger charge is 2.35. The molecule has 1 fully saturated rings. The van der Waals surface area contributed by atoms with Gasteiger partial charge in [0.2, 0.25) is 0 Å². The Morgan fingerprint density at radius 2 is 1.69 bits per heavy atom. The Hall–Kier alpha value is -2.05. The summed E-state index contributed by atoms with van der Waals surface area (Å²) in [5.41, 5.74) is 0.220. The van der Waals surface area contributed by atoms with Crippen molar-refractivity contribution in [3.05, 3.63) is 70.0 Å². The van der Waals surface area contributed by atoms with Crippen LogP contribution in [0.25, 0.3) is 0 Å². The zero-order chi connectivity index (χ0) is 18.8. The van der Waals surface area contributed by atoms with E-state index in [1.807, 2.05) is 0 Å². The lowest BCUT2D eigenvalue weighted by molar-refractivity contribution is -0.144. The third kappa shape index (κ3) is 3.57. The number of likely N-dealkylation sites (tertiary alicyclic amines) is 1. The van der Waals surface area contributed by atoms with Gasteiger partial charge < -0.3 is 5.11 Å². The first-order chi connectivity index (χ1) is 12.4. The van der Waals surface area contributed by atoms with Gasteiger partial charge in [-0.15, -0.1) is 0 Å². The van der Waals surface area contributed by atoms with Crippen molar-refractivity contribution < 1.29 is 23.1 Å². The Bertz CT molecular complexity index is 802. The lowest BCUT2D eigenvalue weighted by Crippen LogP contribution is -2.40. The fourth-order valence-corrected chi connectivity index (χ4v) is 3.80. The molecule has 1 atom stereocenters. The van der Waals surface area contributed by atoms with E-state index in [0.29, 0.717) is 31.5 Å². The smallest absolute Gasteiger partial charge is 0.325 e.